The zero-order chi connectivity index (χ0) is 0. The van der Waals surface area contributed by atoms with Crippen molar-refractivity contribution in [3.05, 3.63) is 0 Å². The second-order valence-electron chi connectivity index (χ2n) is 0. The van der Waals surface area contributed by atoms with Crippen molar-refractivity contribution in [3.8, 4) is 0 Å². The van der Waals surface area contributed by atoms with Gasteiger partial charge in [0.15, 0.2) is 0 Å². The summed E-state index contributed by atoms with van der Waals surface area (Å²) >= 11 is 0. The van der Waals surface area contributed by atoms with Gasteiger partial charge in [0.25, 0.3) is 0 Å². The minimum absolute atomic E-state index is 0. The zero-order valence-electron chi connectivity index (χ0n) is 2.37. The van der Waals surface area contributed by atoms with E-state index in [1.54, 1.807) is 0 Å². The third-order valence-electron chi connectivity index (χ3n) is 0. The Morgan fingerprint density at radius 2 is 0.667 bits per heavy atom. The standard InChI is InChI=1S/Co.Mo.3O.W/q;;3*-2;. The maximum atomic E-state index is 0. The predicted octanol–water partition coefficient (Wildman–Crippen LogP) is -0.364. The molecule has 0 spiro atoms. The van der Waals surface area contributed by atoms with E-state index in [0.717, 1.165) is 0 Å². The van der Waals surface area contributed by atoms with Gasteiger partial charge in [-0.05, 0) is 0 Å². The average Bonchev–Trinajstić information content (AvgIpc) is 0. The molecule has 0 aliphatic heterocycles. The van der Waals surface area contributed by atoms with E-state index < -0.39 is 0 Å². The van der Waals surface area contributed by atoms with E-state index in [2.05, 4.69) is 0 Å². The molecule has 1 radical (unpaired) electrons. The molecule has 0 N–H and O–H groups in total. The van der Waals surface area contributed by atoms with E-state index in [1.807, 2.05) is 0 Å². The monoisotopic (exact) mass is 389 g/mol. The molecule has 0 atom stereocenters. The van der Waals surface area contributed by atoms with Crippen molar-refractivity contribution in [2.24, 2.45) is 0 Å². The largest absolute Gasteiger partial charge is 2.00 e. The smallest absolute Gasteiger partial charge is 0 e. The molecule has 0 aromatic rings. The van der Waals surface area contributed by atoms with E-state index in [-0.39, 0.29) is 75.3 Å². The van der Waals surface area contributed by atoms with Gasteiger partial charge in [0.1, 0.15) is 0 Å². The molecular formula is CoMoO3W-6. The summed E-state index contributed by atoms with van der Waals surface area (Å²) in [5, 5.41) is 0. The van der Waals surface area contributed by atoms with Gasteiger partial charge in [-0.1, -0.05) is 0 Å². The van der Waals surface area contributed by atoms with Gasteiger partial charge >= 0.3 is 0 Å². The quantitative estimate of drug-likeness (QED) is 0.509. The SMILES string of the molecule is [Co].[Mo].[O-2].[O-2].[O-2].[W]. The normalized spacial score (nSPS) is 0. The van der Waals surface area contributed by atoms with Crippen molar-refractivity contribution in [2.45, 2.75) is 0 Å². The fraction of sp³-hybridized carbons (Fsp3) is 0. The van der Waals surface area contributed by atoms with Gasteiger partial charge in [-0.2, -0.15) is 0 Å². The molecule has 0 saturated heterocycles. The summed E-state index contributed by atoms with van der Waals surface area (Å²) < 4.78 is 0. The Kier molecular flexibility index (Phi) is 1380. The van der Waals surface area contributed by atoms with E-state index in [1.165, 1.54) is 0 Å². The molecule has 0 saturated carbocycles. The van der Waals surface area contributed by atoms with Gasteiger partial charge in [0, 0.05) is 58.9 Å². The Labute approximate surface area is 74.9 Å². The predicted molar refractivity (Wildman–Crippen MR) is 2.06 cm³/mol. The molecular weight excluding hydrogens is 387 g/mol. The molecule has 0 bridgehead atoms. The number of hydrogen-bond donors (Lipinski definition) is 0. The first-order chi connectivity index (χ1) is 0. The van der Waals surface area contributed by atoms with Crippen molar-refractivity contribution in [1.29, 1.82) is 0 Å². The Balaban J connectivity index is 0. The van der Waals surface area contributed by atoms with Crippen LogP contribution < -0.4 is 0 Å². The third-order valence-corrected chi connectivity index (χ3v) is 0. The molecule has 0 aliphatic carbocycles. The molecule has 0 aromatic heterocycles. The molecule has 0 heterocycles. The summed E-state index contributed by atoms with van der Waals surface area (Å²) in [6.45, 7) is 0. The van der Waals surface area contributed by atoms with Crippen LogP contribution in [0.3, 0.4) is 0 Å². The van der Waals surface area contributed by atoms with Crippen LogP contribution in [0.1, 0.15) is 0 Å². The minimum atomic E-state index is 0. The molecule has 45 valence electrons. The van der Waals surface area contributed by atoms with Crippen molar-refractivity contribution in [2.75, 3.05) is 0 Å². The summed E-state index contributed by atoms with van der Waals surface area (Å²) in [7, 11) is 0. The number of hydrogen-bond acceptors (Lipinski definition) is 0. The van der Waals surface area contributed by atoms with Crippen LogP contribution in [0.15, 0.2) is 0 Å². The molecule has 0 aliphatic rings. The summed E-state index contributed by atoms with van der Waals surface area (Å²) in [6, 6.07) is 0. The molecule has 0 fully saturated rings. The van der Waals surface area contributed by atoms with Crippen LogP contribution in [0.25, 0.3) is 0 Å². The maximum Gasteiger partial charge on any atom is 0 e. The van der Waals surface area contributed by atoms with Crippen molar-refractivity contribution in [3.63, 3.8) is 0 Å². The van der Waals surface area contributed by atoms with Crippen LogP contribution in [-0.4, -0.2) is 0 Å². The molecule has 0 aromatic carbocycles. The summed E-state index contributed by atoms with van der Waals surface area (Å²) in [4.78, 5) is 0. The van der Waals surface area contributed by atoms with E-state index in [0.29, 0.717) is 0 Å². The summed E-state index contributed by atoms with van der Waals surface area (Å²) in [6.07, 6.45) is 0. The van der Waals surface area contributed by atoms with Gasteiger partial charge in [-0.3, -0.25) is 0 Å². The van der Waals surface area contributed by atoms with Gasteiger partial charge < -0.3 is 16.4 Å². The Morgan fingerprint density at radius 3 is 0.667 bits per heavy atom. The van der Waals surface area contributed by atoms with Gasteiger partial charge in [0.05, 0.1) is 0 Å². The molecule has 0 unspecified atom stereocenters. The first kappa shape index (κ1) is 114. The molecule has 0 amide bonds. The average molecular weight is 387 g/mol. The van der Waals surface area contributed by atoms with Crippen LogP contribution in [0.4, 0.5) is 0 Å². The van der Waals surface area contributed by atoms with Crippen molar-refractivity contribution < 1.29 is 75.3 Å². The molecule has 6 heteroatoms. The Bertz CT molecular complexity index is 10.8. The van der Waals surface area contributed by atoms with Crippen LogP contribution >= 0.6 is 0 Å². The van der Waals surface area contributed by atoms with E-state index in [4.69, 9.17) is 0 Å². The van der Waals surface area contributed by atoms with E-state index in [9.17, 15) is 0 Å². The molecule has 0 rings (SSSR count). The second-order valence-corrected chi connectivity index (χ2v) is 0. The summed E-state index contributed by atoms with van der Waals surface area (Å²) in [5.41, 5.74) is 0. The van der Waals surface area contributed by atoms with Gasteiger partial charge in [-0.25, -0.2) is 0 Å². The maximum absolute atomic E-state index is 0. The number of rotatable bonds is 0. The topological polar surface area (TPSA) is 85.5 Å². The molecule has 6 heavy (non-hydrogen) atoms. The minimum Gasteiger partial charge on any atom is -2.00 e. The fourth-order valence-electron chi connectivity index (χ4n) is 0. The third kappa shape index (κ3) is 42.1. The first-order valence-corrected chi connectivity index (χ1v) is 0. The van der Waals surface area contributed by atoms with Crippen molar-refractivity contribution >= 4 is 0 Å². The van der Waals surface area contributed by atoms with Crippen molar-refractivity contribution in [1.82, 2.24) is 0 Å². The van der Waals surface area contributed by atoms with Gasteiger partial charge in [-0.15, -0.1) is 0 Å². The zero-order valence-corrected chi connectivity index (χ0v) is 8.36. The van der Waals surface area contributed by atoms with Crippen LogP contribution in [-0.2, 0) is 75.3 Å². The van der Waals surface area contributed by atoms with Gasteiger partial charge in [0.2, 0.25) is 0 Å². The Hall–Kier alpha value is 1.76. The fourth-order valence-corrected chi connectivity index (χ4v) is 0. The van der Waals surface area contributed by atoms with Crippen LogP contribution in [0, 0.1) is 0 Å². The second kappa shape index (κ2) is 72.3. The Morgan fingerprint density at radius 1 is 0.667 bits per heavy atom. The van der Waals surface area contributed by atoms with Crippen LogP contribution in [0.5, 0.6) is 0 Å². The molecule has 3 nitrogen and oxygen atoms in total. The van der Waals surface area contributed by atoms with E-state index >= 15 is 0 Å². The summed E-state index contributed by atoms with van der Waals surface area (Å²) in [5.74, 6) is 0. The first-order valence-electron chi connectivity index (χ1n) is 0. The van der Waals surface area contributed by atoms with Crippen LogP contribution in [0.2, 0.25) is 0 Å².